The normalized spacial score (nSPS) is 9.50. The lowest BCUT2D eigenvalue weighted by Crippen LogP contribution is -2.07. The molecule has 3 nitrogen and oxygen atoms in total. The van der Waals surface area contributed by atoms with E-state index in [0.717, 1.165) is 12.8 Å². The molecule has 0 N–H and O–H groups in total. The molecule has 0 aromatic carbocycles. The number of hydrogen-bond acceptors (Lipinski definition) is 3. The molecule has 3 heteroatoms. The maximum absolute atomic E-state index is 11.0. The highest BCUT2D eigenvalue weighted by Gasteiger charge is 2.07. The van der Waals surface area contributed by atoms with E-state index in [-0.39, 0.29) is 0 Å². The number of carbonyl (C=O) groups excluding carboxylic acids is 1. The molecule has 0 rings (SSSR count). The van der Waals surface area contributed by atoms with E-state index in [1.807, 2.05) is 0 Å². The fourth-order valence-corrected chi connectivity index (χ4v) is 0.664. The Hall–Kier alpha value is -0.830. The van der Waals surface area contributed by atoms with Crippen LogP contribution in [-0.4, -0.2) is 12.6 Å². The van der Waals surface area contributed by atoms with Crippen LogP contribution in [0.15, 0.2) is 12.2 Å². The second kappa shape index (κ2) is 6.85. The minimum absolute atomic E-state index is 0.368. The second-order valence-electron chi connectivity index (χ2n) is 2.48. The van der Waals surface area contributed by atoms with Crippen molar-refractivity contribution in [3.05, 3.63) is 12.2 Å². The predicted octanol–water partition coefficient (Wildman–Crippen LogP) is 2.23. The van der Waals surface area contributed by atoms with Crippen molar-refractivity contribution in [2.45, 2.75) is 33.1 Å². The topological polar surface area (TPSA) is 35.5 Å². The third kappa shape index (κ3) is 4.91. The van der Waals surface area contributed by atoms with Crippen LogP contribution in [0.1, 0.15) is 33.1 Å². The molecule has 0 aliphatic rings. The van der Waals surface area contributed by atoms with Gasteiger partial charge in [0, 0.05) is 5.57 Å². The van der Waals surface area contributed by atoms with Gasteiger partial charge in [-0.15, -0.1) is 0 Å². The highest BCUT2D eigenvalue weighted by molar-refractivity contribution is 5.87. The second-order valence-corrected chi connectivity index (χ2v) is 2.48. The molecular formula is C9H16O3. The molecule has 0 bridgehead atoms. The van der Waals surface area contributed by atoms with E-state index in [4.69, 9.17) is 0 Å². The van der Waals surface area contributed by atoms with Crippen molar-refractivity contribution < 1.29 is 14.6 Å². The van der Waals surface area contributed by atoms with Crippen molar-refractivity contribution in [3.63, 3.8) is 0 Å². The lowest BCUT2D eigenvalue weighted by atomic mass is 10.1. The molecule has 0 saturated heterocycles. The summed E-state index contributed by atoms with van der Waals surface area (Å²) < 4.78 is 0. The van der Waals surface area contributed by atoms with Crippen molar-refractivity contribution in [3.8, 4) is 0 Å². The summed E-state index contributed by atoms with van der Waals surface area (Å²) in [6.07, 6.45) is 2.68. The van der Waals surface area contributed by atoms with Crippen molar-refractivity contribution in [1.82, 2.24) is 0 Å². The first-order valence-electron chi connectivity index (χ1n) is 4.23. The predicted molar refractivity (Wildman–Crippen MR) is 46.4 cm³/mol. The number of unbranched alkanes of at least 4 members (excludes halogenated alkanes) is 1. The van der Waals surface area contributed by atoms with Crippen LogP contribution >= 0.6 is 0 Å². The van der Waals surface area contributed by atoms with Gasteiger partial charge in [0.25, 0.3) is 0 Å². The summed E-state index contributed by atoms with van der Waals surface area (Å²) in [4.78, 5) is 19.9. The SMILES string of the molecule is C=C(CCCC)C(=O)OOCC. The van der Waals surface area contributed by atoms with Gasteiger partial charge in [0.15, 0.2) is 0 Å². The molecular weight excluding hydrogens is 156 g/mol. The van der Waals surface area contributed by atoms with Crippen molar-refractivity contribution in [1.29, 1.82) is 0 Å². The molecule has 0 radical (unpaired) electrons. The van der Waals surface area contributed by atoms with Crippen LogP contribution in [0.4, 0.5) is 0 Å². The molecule has 0 spiro atoms. The van der Waals surface area contributed by atoms with E-state index in [2.05, 4.69) is 23.3 Å². The van der Waals surface area contributed by atoms with Gasteiger partial charge in [-0.05, 0) is 19.8 Å². The third-order valence-electron chi connectivity index (χ3n) is 1.37. The van der Waals surface area contributed by atoms with E-state index in [1.54, 1.807) is 6.92 Å². The van der Waals surface area contributed by atoms with Gasteiger partial charge in [-0.2, -0.15) is 4.89 Å². The monoisotopic (exact) mass is 172 g/mol. The Morgan fingerprint density at radius 3 is 2.58 bits per heavy atom. The molecule has 70 valence electrons. The molecule has 0 aliphatic carbocycles. The van der Waals surface area contributed by atoms with E-state index in [0.29, 0.717) is 18.6 Å². The van der Waals surface area contributed by atoms with Gasteiger partial charge in [-0.1, -0.05) is 19.9 Å². The quantitative estimate of drug-likeness (QED) is 0.350. The number of rotatable bonds is 6. The summed E-state index contributed by atoms with van der Waals surface area (Å²) in [5.74, 6) is -0.453. The first-order valence-corrected chi connectivity index (χ1v) is 4.23. The van der Waals surface area contributed by atoms with Crippen molar-refractivity contribution in [2.75, 3.05) is 6.61 Å². The Balaban J connectivity index is 3.55. The van der Waals surface area contributed by atoms with Crippen molar-refractivity contribution in [2.24, 2.45) is 0 Å². The molecule has 0 fully saturated rings. The average Bonchev–Trinajstić information content (AvgIpc) is 2.10. The molecule has 0 aromatic rings. The van der Waals surface area contributed by atoms with E-state index in [1.165, 1.54) is 0 Å². The van der Waals surface area contributed by atoms with Gasteiger partial charge < -0.3 is 0 Å². The minimum Gasteiger partial charge on any atom is -0.293 e. The minimum atomic E-state index is -0.453. The smallest absolute Gasteiger partial charge is 0.293 e. The van der Waals surface area contributed by atoms with Gasteiger partial charge >= 0.3 is 5.97 Å². The van der Waals surface area contributed by atoms with Crippen LogP contribution in [0.5, 0.6) is 0 Å². The lowest BCUT2D eigenvalue weighted by Gasteiger charge is -2.02. The average molecular weight is 172 g/mol. The summed E-state index contributed by atoms with van der Waals surface area (Å²) >= 11 is 0. The van der Waals surface area contributed by atoms with Gasteiger partial charge in [-0.25, -0.2) is 4.79 Å². The number of carbonyl (C=O) groups is 1. The first-order chi connectivity index (χ1) is 5.72. The highest BCUT2D eigenvalue weighted by Crippen LogP contribution is 2.06. The van der Waals surface area contributed by atoms with Crippen LogP contribution in [0, 0.1) is 0 Å². The Labute approximate surface area is 73.3 Å². The van der Waals surface area contributed by atoms with E-state index in [9.17, 15) is 4.79 Å². The van der Waals surface area contributed by atoms with E-state index < -0.39 is 5.97 Å². The third-order valence-corrected chi connectivity index (χ3v) is 1.37. The summed E-state index contributed by atoms with van der Waals surface area (Å²) in [5.41, 5.74) is 0.477. The maximum Gasteiger partial charge on any atom is 0.368 e. The van der Waals surface area contributed by atoms with Gasteiger partial charge in [0.2, 0.25) is 0 Å². The Kier molecular flexibility index (Phi) is 6.38. The zero-order chi connectivity index (χ0) is 9.40. The molecule has 12 heavy (non-hydrogen) atoms. The molecule has 0 atom stereocenters. The zero-order valence-corrected chi connectivity index (χ0v) is 7.76. The zero-order valence-electron chi connectivity index (χ0n) is 7.76. The molecule has 0 aliphatic heterocycles. The Morgan fingerprint density at radius 2 is 2.08 bits per heavy atom. The van der Waals surface area contributed by atoms with Crippen LogP contribution < -0.4 is 0 Å². The fourth-order valence-electron chi connectivity index (χ4n) is 0.664. The Morgan fingerprint density at radius 1 is 1.42 bits per heavy atom. The standard InChI is InChI=1S/C9H16O3/c1-4-6-7-8(3)9(10)12-11-5-2/h3-7H2,1-2H3. The lowest BCUT2D eigenvalue weighted by molar-refractivity contribution is -0.265. The molecule has 0 aromatic heterocycles. The van der Waals surface area contributed by atoms with Crippen LogP contribution in [0.2, 0.25) is 0 Å². The largest absolute Gasteiger partial charge is 0.368 e. The van der Waals surface area contributed by atoms with Crippen LogP contribution in [-0.2, 0) is 14.6 Å². The first kappa shape index (κ1) is 11.2. The van der Waals surface area contributed by atoms with Crippen LogP contribution in [0.3, 0.4) is 0 Å². The van der Waals surface area contributed by atoms with E-state index >= 15 is 0 Å². The fraction of sp³-hybridized carbons (Fsp3) is 0.667. The van der Waals surface area contributed by atoms with Crippen LogP contribution in [0.25, 0.3) is 0 Å². The molecule has 0 saturated carbocycles. The molecule has 0 amide bonds. The molecule has 0 heterocycles. The molecule has 0 unspecified atom stereocenters. The highest BCUT2D eigenvalue weighted by atomic mass is 17.2. The summed E-state index contributed by atoms with van der Waals surface area (Å²) in [6, 6.07) is 0. The van der Waals surface area contributed by atoms with Gasteiger partial charge in [0.05, 0.1) is 6.61 Å². The van der Waals surface area contributed by atoms with Gasteiger partial charge in [-0.3, -0.25) is 4.89 Å². The summed E-state index contributed by atoms with van der Waals surface area (Å²) in [7, 11) is 0. The Bertz CT molecular complexity index is 134. The maximum atomic E-state index is 11.0. The summed E-state index contributed by atoms with van der Waals surface area (Å²) in [6.45, 7) is 7.77. The van der Waals surface area contributed by atoms with Gasteiger partial charge in [0.1, 0.15) is 0 Å². The summed E-state index contributed by atoms with van der Waals surface area (Å²) in [5, 5.41) is 0. The van der Waals surface area contributed by atoms with Crippen molar-refractivity contribution >= 4 is 5.97 Å². The number of hydrogen-bond donors (Lipinski definition) is 0.